The van der Waals surface area contributed by atoms with Crippen molar-refractivity contribution >= 4 is 15.9 Å². The summed E-state index contributed by atoms with van der Waals surface area (Å²) >= 11 is 0. The van der Waals surface area contributed by atoms with Gasteiger partial charge in [0.1, 0.15) is 18.1 Å². The predicted octanol–water partition coefficient (Wildman–Crippen LogP) is 1.47. The standard InChI is InChI=1S/C18H22N2O5S/c1-2-14-12-16(26(19,22)23)8-9-17(14)24-11-10-20-18(21)13-25-15-6-4-3-5-7-15/h3-9,12H,2,10-11,13H2,1H3,(H,20,21)(H2,19,22,23). The van der Waals surface area contributed by atoms with Crippen LogP contribution in [0.5, 0.6) is 11.5 Å². The Kier molecular flexibility index (Phi) is 6.99. The van der Waals surface area contributed by atoms with Crippen molar-refractivity contribution in [2.75, 3.05) is 19.8 Å². The van der Waals surface area contributed by atoms with Gasteiger partial charge < -0.3 is 14.8 Å². The molecule has 0 unspecified atom stereocenters. The van der Waals surface area contributed by atoms with Crippen molar-refractivity contribution in [3.63, 3.8) is 0 Å². The van der Waals surface area contributed by atoms with Gasteiger partial charge in [0.25, 0.3) is 5.91 Å². The second-order valence-corrected chi connectivity index (χ2v) is 7.03. The van der Waals surface area contributed by atoms with E-state index < -0.39 is 10.0 Å². The zero-order valence-corrected chi connectivity index (χ0v) is 15.3. The molecular formula is C18H22N2O5S. The minimum absolute atomic E-state index is 0.0491. The predicted molar refractivity (Wildman–Crippen MR) is 97.6 cm³/mol. The number of primary sulfonamides is 1. The van der Waals surface area contributed by atoms with Crippen molar-refractivity contribution in [3.8, 4) is 11.5 Å². The van der Waals surface area contributed by atoms with E-state index in [4.69, 9.17) is 14.6 Å². The van der Waals surface area contributed by atoms with E-state index in [0.29, 0.717) is 24.5 Å². The second-order valence-electron chi connectivity index (χ2n) is 5.47. The highest BCUT2D eigenvalue weighted by Gasteiger charge is 2.11. The van der Waals surface area contributed by atoms with Crippen LogP contribution >= 0.6 is 0 Å². The second kappa shape index (κ2) is 9.21. The van der Waals surface area contributed by atoms with Crippen LogP contribution in [-0.2, 0) is 21.2 Å². The molecule has 0 fully saturated rings. The number of para-hydroxylation sites is 1. The lowest BCUT2D eigenvalue weighted by Crippen LogP contribution is -2.32. The molecule has 0 aromatic heterocycles. The number of amides is 1. The summed E-state index contributed by atoms with van der Waals surface area (Å²) in [6.07, 6.45) is 0.593. The number of rotatable bonds is 9. The van der Waals surface area contributed by atoms with Crippen molar-refractivity contribution in [3.05, 3.63) is 54.1 Å². The van der Waals surface area contributed by atoms with Crippen LogP contribution in [0.15, 0.2) is 53.4 Å². The van der Waals surface area contributed by atoms with Crippen molar-refractivity contribution in [1.82, 2.24) is 5.32 Å². The maximum atomic E-state index is 11.7. The molecule has 8 heteroatoms. The van der Waals surface area contributed by atoms with Gasteiger partial charge in [0.05, 0.1) is 11.4 Å². The number of benzene rings is 2. The molecule has 0 atom stereocenters. The van der Waals surface area contributed by atoms with E-state index in [2.05, 4.69) is 5.32 Å². The summed E-state index contributed by atoms with van der Waals surface area (Å²) in [4.78, 5) is 11.8. The van der Waals surface area contributed by atoms with E-state index in [-0.39, 0.29) is 24.0 Å². The zero-order chi connectivity index (χ0) is 19.0. The summed E-state index contributed by atoms with van der Waals surface area (Å²) in [5, 5.41) is 7.82. The molecule has 1 amide bonds. The van der Waals surface area contributed by atoms with Gasteiger partial charge in [-0.2, -0.15) is 0 Å². The molecule has 0 spiro atoms. The SMILES string of the molecule is CCc1cc(S(N)(=O)=O)ccc1OCCNC(=O)COc1ccccc1. The normalized spacial score (nSPS) is 11.0. The number of aryl methyl sites for hydroxylation is 1. The number of sulfonamides is 1. The maximum absolute atomic E-state index is 11.7. The molecular weight excluding hydrogens is 356 g/mol. The summed E-state index contributed by atoms with van der Waals surface area (Å²) in [5.74, 6) is 0.939. The largest absolute Gasteiger partial charge is 0.491 e. The molecule has 2 aromatic carbocycles. The third-order valence-corrected chi connectivity index (χ3v) is 4.45. The fourth-order valence-corrected chi connectivity index (χ4v) is 2.78. The molecule has 0 aliphatic carbocycles. The molecule has 0 radical (unpaired) electrons. The van der Waals surface area contributed by atoms with Crippen LogP contribution in [0.1, 0.15) is 12.5 Å². The quantitative estimate of drug-likeness (QED) is 0.643. The molecule has 26 heavy (non-hydrogen) atoms. The average molecular weight is 378 g/mol. The minimum atomic E-state index is -3.74. The van der Waals surface area contributed by atoms with Gasteiger partial charge in [-0.05, 0) is 42.3 Å². The van der Waals surface area contributed by atoms with Crippen molar-refractivity contribution in [1.29, 1.82) is 0 Å². The van der Waals surface area contributed by atoms with E-state index in [1.807, 2.05) is 25.1 Å². The Morgan fingerprint density at radius 1 is 1.12 bits per heavy atom. The van der Waals surface area contributed by atoms with E-state index in [0.717, 1.165) is 5.56 Å². The molecule has 0 bridgehead atoms. The molecule has 0 heterocycles. The first-order chi connectivity index (χ1) is 12.4. The number of hydrogen-bond donors (Lipinski definition) is 2. The van der Waals surface area contributed by atoms with E-state index >= 15 is 0 Å². The number of carbonyl (C=O) groups excluding carboxylic acids is 1. The van der Waals surface area contributed by atoms with Gasteiger partial charge in [-0.3, -0.25) is 4.79 Å². The first kappa shape index (κ1) is 19.7. The van der Waals surface area contributed by atoms with Crippen LogP contribution in [0.25, 0.3) is 0 Å². The van der Waals surface area contributed by atoms with E-state index in [1.165, 1.54) is 12.1 Å². The van der Waals surface area contributed by atoms with Crippen LogP contribution in [-0.4, -0.2) is 34.1 Å². The number of nitrogens with one attached hydrogen (secondary N) is 1. The molecule has 3 N–H and O–H groups in total. The molecule has 0 aliphatic rings. The summed E-state index contributed by atoms with van der Waals surface area (Å²) in [6, 6.07) is 13.5. The fraction of sp³-hybridized carbons (Fsp3) is 0.278. The number of carbonyl (C=O) groups is 1. The van der Waals surface area contributed by atoms with Crippen LogP contribution in [0.2, 0.25) is 0 Å². The van der Waals surface area contributed by atoms with Gasteiger partial charge in [0, 0.05) is 0 Å². The summed E-state index contributed by atoms with van der Waals surface area (Å²) in [5.41, 5.74) is 0.732. The number of hydrogen-bond acceptors (Lipinski definition) is 5. The smallest absolute Gasteiger partial charge is 0.258 e. The highest BCUT2D eigenvalue weighted by Crippen LogP contribution is 2.22. The molecule has 2 aromatic rings. The molecule has 7 nitrogen and oxygen atoms in total. The van der Waals surface area contributed by atoms with Crippen LogP contribution < -0.4 is 19.9 Å². The Labute approximate surface area is 153 Å². The average Bonchev–Trinajstić information content (AvgIpc) is 2.63. The van der Waals surface area contributed by atoms with Crippen molar-refractivity contribution in [2.24, 2.45) is 5.14 Å². The van der Waals surface area contributed by atoms with Crippen LogP contribution in [0, 0.1) is 0 Å². The summed E-state index contributed by atoms with van der Waals surface area (Å²) < 4.78 is 33.7. The topological polar surface area (TPSA) is 108 Å². The lowest BCUT2D eigenvalue weighted by molar-refractivity contribution is -0.123. The first-order valence-corrected chi connectivity index (χ1v) is 9.68. The van der Waals surface area contributed by atoms with Crippen LogP contribution in [0.3, 0.4) is 0 Å². The molecule has 140 valence electrons. The third-order valence-electron chi connectivity index (χ3n) is 3.54. The lowest BCUT2D eigenvalue weighted by atomic mass is 10.1. The Hall–Kier alpha value is -2.58. The van der Waals surface area contributed by atoms with Crippen molar-refractivity contribution < 1.29 is 22.7 Å². The number of nitrogens with two attached hydrogens (primary N) is 1. The van der Waals surface area contributed by atoms with Gasteiger partial charge >= 0.3 is 0 Å². The van der Waals surface area contributed by atoms with Gasteiger partial charge in [-0.15, -0.1) is 0 Å². The highest BCUT2D eigenvalue weighted by molar-refractivity contribution is 7.89. The minimum Gasteiger partial charge on any atom is -0.491 e. The Balaban J connectivity index is 1.78. The highest BCUT2D eigenvalue weighted by atomic mass is 32.2. The van der Waals surface area contributed by atoms with Gasteiger partial charge in [0.15, 0.2) is 6.61 Å². The van der Waals surface area contributed by atoms with E-state index in [9.17, 15) is 13.2 Å². The molecule has 2 rings (SSSR count). The first-order valence-electron chi connectivity index (χ1n) is 8.13. The Bertz CT molecular complexity index is 838. The molecule has 0 aliphatic heterocycles. The van der Waals surface area contributed by atoms with Gasteiger partial charge in [-0.25, -0.2) is 13.6 Å². The van der Waals surface area contributed by atoms with Crippen LogP contribution in [0.4, 0.5) is 0 Å². The van der Waals surface area contributed by atoms with Gasteiger partial charge in [-0.1, -0.05) is 25.1 Å². The van der Waals surface area contributed by atoms with Gasteiger partial charge in [0.2, 0.25) is 10.0 Å². The monoisotopic (exact) mass is 378 g/mol. The van der Waals surface area contributed by atoms with E-state index in [1.54, 1.807) is 18.2 Å². The number of ether oxygens (including phenoxy) is 2. The molecule has 0 saturated heterocycles. The Morgan fingerprint density at radius 2 is 1.85 bits per heavy atom. The zero-order valence-electron chi connectivity index (χ0n) is 14.5. The lowest BCUT2D eigenvalue weighted by Gasteiger charge is -2.12. The van der Waals surface area contributed by atoms with Crippen molar-refractivity contribution in [2.45, 2.75) is 18.2 Å². The fourth-order valence-electron chi connectivity index (χ4n) is 2.22. The third kappa shape index (κ3) is 6.05. The summed E-state index contributed by atoms with van der Waals surface area (Å²) in [6.45, 7) is 2.36. The Morgan fingerprint density at radius 3 is 2.50 bits per heavy atom. The maximum Gasteiger partial charge on any atom is 0.258 e. The molecule has 0 saturated carbocycles. The summed E-state index contributed by atoms with van der Waals surface area (Å²) in [7, 11) is -3.74.